The minimum atomic E-state index is -5.06. The molecule has 0 saturated carbocycles. The van der Waals surface area contributed by atoms with Crippen LogP contribution in [0.4, 0.5) is 13.2 Å². The van der Waals surface area contributed by atoms with Crippen LogP contribution in [0.25, 0.3) is 0 Å². The number of halogens is 4. The first-order valence-electron chi connectivity index (χ1n) is 8.89. The van der Waals surface area contributed by atoms with Gasteiger partial charge in [0.05, 0.1) is 10.6 Å². The van der Waals surface area contributed by atoms with Crippen molar-refractivity contribution in [3.05, 3.63) is 34.3 Å². The first kappa shape index (κ1) is 22.5. The largest absolute Gasteiger partial charge is 0.426 e. The number of amides is 2. The quantitative estimate of drug-likeness (QED) is 0.816. The van der Waals surface area contributed by atoms with Crippen molar-refractivity contribution < 1.29 is 27.9 Å². The van der Waals surface area contributed by atoms with Crippen LogP contribution in [0.15, 0.2) is 18.2 Å². The number of aliphatic hydroxyl groups is 1. The highest BCUT2D eigenvalue weighted by Gasteiger charge is 2.57. The molecule has 0 radical (unpaired) electrons. The van der Waals surface area contributed by atoms with E-state index in [-0.39, 0.29) is 31.0 Å². The van der Waals surface area contributed by atoms with E-state index in [2.05, 4.69) is 0 Å². The number of rotatable bonds is 3. The summed E-state index contributed by atoms with van der Waals surface area (Å²) in [5.41, 5.74) is -2.17. The topological polar surface area (TPSA) is 60.9 Å². The highest BCUT2D eigenvalue weighted by molar-refractivity contribution is 6.33. The summed E-state index contributed by atoms with van der Waals surface area (Å²) >= 11 is 6.17. The van der Waals surface area contributed by atoms with E-state index in [0.717, 1.165) is 10.5 Å². The van der Waals surface area contributed by atoms with Crippen molar-refractivity contribution in [2.75, 3.05) is 20.1 Å². The average Bonchev–Trinajstić information content (AvgIpc) is 2.58. The van der Waals surface area contributed by atoms with Crippen LogP contribution < -0.4 is 0 Å². The van der Waals surface area contributed by atoms with Crippen molar-refractivity contribution in [1.82, 2.24) is 9.80 Å². The van der Waals surface area contributed by atoms with Gasteiger partial charge in [-0.1, -0.05) is 24.6 Å². The average molecular weight is 421 g/mol. The zero-order valence-corrected chi connectivity index (χ0v) is 16.9. The van der Waals surface area contributed by atoms with Crippen LogP contribution in [-0.4, -0.2) is 64.7 Å². The van der Waals surface area contributed by atoms with Crippen molar-refractivity contribution in [2.24, 2.45) is 5.92 Å². The maximum Gasteiger partial charge on any atom is 0.426 e. The van der Waals surface area contributed by atoms with E-state index >= 15 is 0 Å². The molecule has 3 atom stereocenters. The number of aryl methyl sites for hydroxylation is 1. The number of carbonyl (C=O) groups is 2. The Labute approximate surface area is 167 Å². The lowest BCUT2D eigenvalue weighted by molar-refractivity contribution is -0.251. The standard InChI is InChI=1S/C19H24ClF3N2O3/c1-11-5-6-13(14(20)9-11)16(26)24(4)15-7-8-25(10-12(15)2)17(27)18(3,28)19(21,22)23/h5-6,9,12,15,28H,7-8,10H2,1-4H3/t12?,15?,18-/m1/s1. The Morgan fingerprint density at radius 2 is 1.93 bits per heavy atom. The highest BCUT2D eigenvalue weighted by atomic mass is 35.5. The molecule has 0 bridgehead atoms. The summed E-state index contributed by atoms with van der Waals surface area (Å²) in [6.07, 6.45) is -4.76. The van der Waals surface area contributed by atoms with Crippen molar-refractivity contribution in [3.8, 4) is 0 Å². The van der Waals surface area contributed by atoms with Crippen molar-refractivity contribution >= 4 is 23.4 Å². The maximum atomic E-state index is 12.9. The fraction of sp³-hybridized carbons (Fsp3) is 0.579. The molecule has 1 aromatic carbocycles. The van der Waals surface area contributed by atoms with Crippen LogP contribution >= 0.6 is 11.6 Å². The molecular formula is C19H24ClF3N2O3. The van der Waals surface area contributed by atoms with Crippen LogP contribution in [0, 0.1) is 12.8 Å². The third kappa shape index (κ3) is 4.27. The second-order valence-electron chi connectivity index (χ2n) is 7.55. The molecule has 1 heterocycles. The first-order chi connectivity index (χ1) is 12.8. The van der Waals surface area contributed by atoms with Gasteiger partial charge in [0.1, 0.15) is 0 Å². The lowest BCUT2D eigenvalue weighted by Gasteiger charge is -2.43. The lowest BCUT2D eigenvalue weighted by atomic mass is 9.90. The number of nitrogens with zero attached hydrogens (tertiary/aromatic N) is 2. The first-order valence-corrected chi connectivity index (χ1v) is 9.27. The van der Waals surface area contributed by atoms with E-state index in [1.54, 1.807) is 32.2 Å². The molecule has 9 heteroatoms. The van der Waals surface area contributed by atoms with Gasteiger partial charge in [-0.25, -0.2) is 0 Å². The second-order valence-corrected chi connectivity index (χ2v) is 7.96. The lowest BCUT2D eigenvalue weighted by Crippen LogP contribution is -2.60. The Bertz CT molecular complexity index is 767. The van der Waals surface area contributed by atoms with Crippen molar-refractivity contribution in [3.63, 3.8) is 0 Å². The van der Waals surface area contributed by atoms with E-state index < -0.39 is 17.7 Å². The van der Waals surface area contributed by atoms with Crippen molar-refractivity contribution in [2.45, 2.75) is 45.0 Å². The van der Waals surface area contributed by atoms with Crippen LogP contribution in [0.3, 0.4) is 0 Å². The summed E-state index contributed by atoms with van der Waals surface area (Å²) in [5.74, 6) is -1.94. The van der Waals surface area contributed by atoms with E-state index in [1.807, 2.05) is 6.92 Å². The van der Waals surface area contributed by atoms with Gasteiger partial charge in [0.2, 0.25) is 5.60 Å². The van der Waals surface area contributed by atoms with Gasteiger partial charge in [-0.15, -0.1) is 0 Å². The molecule has 1 aliphatic rings. The Kier molecular flexibility index (Phi) is 6.35. The fourth-order valence-corrected chi connectivity index (χ4v) is 3.77. The van der Waals surface area contributed by atoms with E-state index in [1.165, 1.54) is 4.90 Å². The minimum Gasteiger partial charge on any atom is -0.373 e. The van der Waals surface area contributed by atoms with Gasteiger partial charge in [0.25, 0.3) is 11.8 Å². The predicted molar refractivity (Wildman–Crippen MR) is 99.1 cm³/mol. The highest BCUT2D eigenvalue weighted by Crippen LogP contribution is 2.33. The molecule has 2 amide bonds. The second kappa shape index (κ2) is 7.91. The SMILES string of the molecule is Cc1ccc(C(=O)N(C)C2CCN(C(=O)[C@@](C)(O)C(F)(F)F)CC2C)c(Cl)c1. The molecule has 1 aromatic rings. The van der Waals surface area contributed by atoms with Gasteiger partial charge in [0, 0.05) is 26.2 Å². The molecule has 1 aliphatic heterocycles. The minimum absolute atomic E-state index is 0.00891. The summed E-state index contributed by atoms with van der Waals surface area (Å²) in [6.45, 7) is 4.09. The number of carbonyl (C=O) groups excluding carboxylic acids is 2. The number of hydrogen-bond acceptors (Lipinski definition) is 3. The van der Waals surface area contributed by atoms with E-state index in [9.17, 15) is 27.9 Å². The van der Waals surface area contributed by atoms with Crippen LogP contribution in [0.2, 0.25) is 5.02 Å². The summed E-state index contributed by atoms with van der Waals surface area (Å²) in [5, 5.41) is 9.96. The van der Waals surface area contributed by atoms with Gasteiger partial charge in [-0.3, -0.25) is 9.59 Å². The molecule has 2 unspecified atom stereocenters. The molecular weight excluding hydrogens is 397 g/mol. The van der Waals surface area contributed by atoms with Gasteiger partial charge < -0.3 is 14.9 Å². The Balaban J connectivity index is 2.11. The summed E-state index contributed by atoms with van der Waals surface area (Å²) in [6, 6.07) is 4.83. The predicted octanol–water partition coefficient (Wildman–Crippen LogP) is 3.27. The maximum absolute atomic E-state index is 12.9. The van der Waals surface area contributed by atoms with Crippen molar-refractivity contribution in [1.29, 1.82) is 0 Å². The Morgan fingerprint density at radius 3 is 2.43 bits per heavy atom. The zero-order valence-electron chi connectivity index (χ0n) is 16.2. The van der Waals surface area contributed by atoms with Crippen LogP contribution in [0.5, 0.6) is 0 Å². The molecule has 0 aliphatic carbocycles. The summed E-state index contributed by atoms with van der Waals surface area (Å²) < 4.78 is 38.8. The van der Waals surface area contributed by atoms with Gasteiger partial charge in [0.15, 0.2) is 0 Å². The number of alkyl halides is 3. The smallest absolute Gasteiger partial charge is 0.373 e. The fourth-order valence-electron chi connectivity index (χ4n) is 3.46. The Morgan fingerprint density at radius 1 is 1.32 bits per heavy atom. The Hall–Kier alpha value is -1.80. The molecule has 1 N–H and O–H groups in total. The molecule has 156 valence electrons. The molecule has 2 rings (SSSR count). The van der Waals surface area contributed by atoms with Crippen LogP contribution in [0.1, 0.15) is 36.2 Å². The summed E-state index contributed by atoms with van der Waals surface area (Å²) in [4.78, 5) is 27.5. The molecule has 1 saturated heterocycles. The monoisotopic (exact) mass is 420 g/mol. The summed E-state index contributed by atoms with van der Waals surface area (Å²) in [7, 11) is 1.61. The number of benzene rings is 1. The molecule has 28 heavy (non-hydrogen) atoms. The third-order valence-electron chi connectivity index (χ3n) is 5.29. The number of likely N-dealkylation sites (tertiary alicyclic amines) is 1. The number of piperidine rings is 1. The zero-order chi connectivity index (χ0) is 21.4. The molecule has 1 fully saturated rings. The van der Waals surface area contributed by atoms with Gasteiger partial charge in [-0.2, -0.15) is 13.2 Å². The van der Waals surface area contributed by atoms with Gasteiger partial charge >= 0.3 is 6.18 Å². The molecule has 5 nitrogen and oxygen atoms in total. The van der Waals surface area contributed by atoms with Gasteiger partial charge in [-0.05, 0) is 43.9 Å². The normalized spacial score (nSPS) is 22.5. The molecule has 0 spiro atoms. The van der Waals surface area contributed by atoms with E-state index in [4.69, 9.17) is 11.6 Å². The van der Waals surface area contributed by atoms with E-state index in [0.29, 0.717) is 23.9 Å². The van der Waals surface area contributed by atoms with Crippen LogP contribution in [-0.2, 0) is 4.79 Å². The third-order valence-corrected chi connectivity index (χ3v) is 5.60. The number of hydrogen-bond donors (Lipinski definition) is 1. The molecule has 0 aromatic heterocycles.